The molecule has 0 saturated carbocycles. The molecule has 2 amide bonds. The van der Waals surface area contributed by atoms with E-state index in [2.05, 4.69) is 20.1 Å². The average molecular weight is 508 g/mol. The van der Waals surface area contributed by atoms with Gasteiger partial charge in [-0.15, -0.1) is 11.3 Å². The van der Waals surface area contributed by atoms with Gasteiger partial charge >= 0.3 is 6.09 Å². The Morgan fingerprint density at radius 2 is 1.78 bits per heavy atom. The number of carbonyl (C=O) groups is 2. The third-order valence-corrected chi connectivity index (χ3v) is 7.38. The maximum Gasteiger partial charge on any atom is 0.409 e. The van der Waals surface area contributed by atoms with Gasteiger partial charge in [-0.05, 0) is 49.2 Å². The molecule has 2 heterocycles. The highest BCUT2D eigenvalue weighted by atomic mass is 32.1. The number of carbonyl (C=O) groups excluding carboxylic acids is 1. The number of aromatic nitrogens is 1. The summed E-state index contributed by atoms with van der Waals surface area (Å²) in [6.45, 7) is 9.84. The zero-order valence-electron chi connectivity index (χ0n) is 20.8. The first-order valence-corrected chi connectivity index (χ1v) is 13.2. The van der Waals surface area contributed by atoms with Crippen LogP contribution in [-0.4, -0.2) is 76.1 Å². The predicted octanol–water partition coefficient (Wildman–Crippen LogP) is 4.62. The lowest BCUT2D eigenvalue weighted by Gasteiger charge is -2.39. The summed E-state index contributed by atoms with van der Waals surface area (Å²) in [5.41, 5.74) is 5.18. The molecule has 0 radical (unpaired) electrons. The first-order chi connectivity index (χ1) is 17.5. The van der Waals surface area contributed by atoms with E-state index in [1.165, 1.54) is 4.88 Å². The number of rotatable bonds is 9. The van der Waals surface area contributed by atoms with Gasteiger partial charge in [-0.1, -0.05) is 24.3 Å². The fraction of sp³-hybridized carbons (Fsp3) is 0.370. The summed E-state index contributed by atoms with van der Waals surface area (Å²) in [6.07, 6.45) is 0.849. The Labute approximate surface area is 216 Å². The van der Waals surface area contributed by atoms with Gasteiger partial charge in [0.1, 0.15) is 0 Å². The highest BCUT2D eigenvalue weighted by molar-refractivity contribution is 7.09. The van der Waals surface area contributed by atoms with Crippen LogP contribution in [0.3, 0.4) is 0 Å². The smallest absolute Gasteiger partial charge is 0.409 e. The highest BCUT2D eigenvalue weighted by Gasteiger charge is 2.27. The van der Waals surface area contributed by atoms with Gasteiger partial charge in [-0.25, -0.2) is 4.79 Å². The van der Waals surface area contributed by atoms with Gasteiger partial charge in [0.05, 0.1) is 11.6 Å². The highest BCUT2D eigenvalue weighted by Crippen LogP contribution is 2.32. The molecule has 9 heteroatoms. The van der Waals surface area contributed by atoms with Crippen molar-refractivity contribution in [3.05, 3.63) is 81.8 Å². The van der Waals surface area contributed by atoms with Crippen molar-refractivity contribution < 1.29 is 14.7 Å². The summed E-state index contributed by atoms with van der Waals surface area (Å²) >= 11 is 1.68. The second kappa shape index (κ2) is 12.1. The van der Waals surface area contributed by atoms with E-state index in [-0.39, 0.29) is 11.9 Å². The summed E-state index contributed by atoms with van der Waals surface area (Å²) in [4.78, 5) is 36.2. The van der Waals surface area contributed by atoms with E-state index in [9.17, 15) is 14.7 Å². The SMILES string of the molecule is CCN(CC)C(=O)c1ccc(C(c2cccc(NC(=O)O)c2)N2CCN(Cc3cncs3)CC2)cc1. The maximum absolute atomic E-state index is 12.8. The number of thiazole rings is 1. The number of nitrogens with one attached hydrogen (secondary N) is 1. The van der Waals surface area contributed by atoms with Gasteiger partial charge in [-0.2, -0.15) is 0 Å². The van der Waals surface area contributed by atoms with E-state index in [4.69, 9.17) is 0 Å². The Morgan fingerprint density at radius 3 is 2.39 bits per heavy atom. The van der Waals surface area contributed by atoms with Crippen molar-refractivity contribution in [3.63, 3.8) is 0 Å². The largest absolute Gasteiger partial charge is 0.465 e. The van der Waals surface area contributed by atoms with Crippen molar-refractivity contribution in [2.75, 3.05) is 44.6 Å². The summed E-state index contributed by atoms with van der Waals surface area (Å²) < 4.78 is 0. The van der Waals surface area contributed by atoms with Crippen LogP contribution >= 0.6 is 11.3 Å². The fourth-order valence-electron chi connectivity index (χ4n) is 4.75. The average Bonchev–Trinajstić information content (AvgIpc) is 3.39. The summed E-state index contributed by atoms with van der Waals surface area (Å²) in [5, 5.41) is 11.7. The van der Waals surface area contributed by atoms with Crippen LogP contribution in [-0.2, 0) is 6.54 Å². The minimum absolute atomic E-state index is 0.0347. The van der Waals surface area contributed by atoms with Gasteiger partial charge in [0, 0.05) is 68.1 Å². The normalized spacial score (nSPS) is 15.4. The molecule has 1 aromatic heterocycles. The molecule has 1 fully saturated rings. The molecule has 0 bridgehead atoms. The van der Waals surface area contributed by atoms with Crippen molar-refractivity contribution in [3.8, 4) is 0 Å². The molecule has 1 aliphatic rings. The second-order valence-corrected chi connectivity index (χ2v) is 9.81. The number of carboxylic acid groups (broad SMARTS) is 1. The van der Waals surface area contributed by atoms with Gasteiger partial charge in [0.2, 0.25) is 0 Å². The molecule has 1 atom stereocenters. The van der Waals surface area contributed by atoms with Crippen LogP contribution < -0.4 is 5.32 Å². The Morgan fingerprint density at radius 1 is 1.06 bits per heavy atom. The van der Waals surface area contributed by atoms with E-state index in [1.54, 1.807) is 17.4 Å². The van der Waals surface area contributed by atoms with Crippen molar-refractivity contribution in [2.24, 2.45) is 0 Å². The molecule has 8 nitrogen and oxygen atoms in total. The van der Waals surface area contributed by atoms with E-state index in [0.29, 0.717) is 24.3 Å². The Kier molecular flexibility index (Phi) is 8.69. The lowest BCUT2D eigenvalue weighted by Crippen LogP contribution is -2.47. The van der Waals surface area contributed by atoms with E-state index >= 15 is 0 Å². The molecule has 2 N–H and O–H groups in total. The van der Waals surface area contributed by atoms with Crippen molar-refractivity contribution >= 4 is 29.0 Å². The fourth-order valence-corrected chi connectivity index (χ4v) is 5.38. The standard InChI is InChI=1S/C27H33N5O3S/c1-3-31(4-2)26(33)21-10-8-20(9-11-21)25(22-6-5-7-23(16-22)29-27(34)35)32-14-12-30(13-15-32)18-24-17-28-19-36-24/h5-11,16-17,19,25,29H,3-4,12-15,18H2,1-2H3,(H,34,35). The van der Waals surface area contributed by atoms with Crippen molar-refractivity contribution in [1.82, 2.24) is 19.7 Å². The minimum Gasteiger partial charge on any atom is -0.465 e. The van der Waals surface area contributed by atoms with Crippen molar-refractivity contribution in [1.29, 1.82) is 0 Å². The number of hydrogen-bond donors (Lipinski definition) is 2. The number of nitrogens with zero attached hydrogens (tertiary/aromatic N) is 4. The summed E-state index contributed by atoms with van der Waals surface area (Å²) in [6, 6.07) is 15.4. The topological polar surface area (TPSA) is 89.0 Å². The molecule has 2 aromatic carbocycles. The van der Waals surface area contributed by atoms with E-state index < -0.39 is 6.09 Å². The second-order valence-electron chi connectivity index (χ2n) is 8.84. The number of amides is 2. The first-order valence-electron chi connectivity index (χ1n) is 12.3. The molecular formula is C27H33N5O3S. The molecule has 1 aliphatic heterocycles. The molecule has 0 aliphatic carbocycles. The van der Waals surface area contributed by atoms with Gasteiger partial charge in [-0.3, -0.25) is 24.9 Å². The van der Waals surface area contributed by atoms with Crippen LogP contribution in [0.15, 0.2) is 60.2 Å². The van der Waals surface area contributed by atoms with Crippen LogP contribution in [0.2, 0.25) is 0 Å². The minimum atomic E-state index is -1.08. The Balaban J connectivity index is 1.58. The monoisotopic (exact) mass is 507 g/mol. The zero-order valence-corrected chi connectivity index (χ0v) is 21.6. The maximum atomic E-state index is 12.8. The van der Waals surface area contributed by atoms with Gasteiger partial charge in [0.25, 0.3) is 5.91 Å². The van der Waals surface area contributed by atoms with Crippen LogP contribution in [0.25, 0.3) is 0 Å². The number of benzene rings is 2. The molecule has 4 rings (SSSR count). The molecule has 1 saturated heterocycles. The predicted molar refractivity (Wildman–Crippen MR) is 143 cm³/mol. The number of anilines is 1. The number of piperazine rings is 1. The third-order valence-electron chi connectivity index (χ3n) is 6.61. The van der Waals surface area contributed by atoms with Crippen LogP contribution in [0, 0.1) is 0 Å². The van der Waals surface area contributed by atoms with Gasteiger partial charge in [0.15, 0.2) is 0 Å². The zero-order chi connectivity index (χ0) is 25.5. The molecule has 0 spiro atoms. The Bertz CT molecular complexity index is 1140. The summed E-state index contributed by atoms with van der Waals surface area (Å²) in [5.74, 6) is 0.0347. The molecule has 1 unspecified atom stereocenters. The first kappa shape index (κ1) is 25.8. The van der Waals surface area contributed by atoms with Crippen LogP contribution in [0.4, 0.5) is 10.5 Å². The van der Waals surface area contributed by atoms with E-state index in [1.807, 2.05) is 72.9 Å². The molecule has 190 valence electrons. The molecule has 3 aromatic rings. The van der Waals surface area contributed by atoms with E-state index in [0.717, 1.165) is 43.9 Å². The summed E-state index contributed by atoms with van der Waals surface area (Å²) in [7, 11) is 0. The quantitative estimate of drug-likeness (QED) is 0.439. The third kappa shape index (κ3) is 6.29. The molecular weight excluding hydrogens is 474 g/mol. The lowest BCUT2D eigenvalue weighted by atomic mass is 9.95. The van der Waals surface area contributed by atoms with Crippen molar-refractivity contribution in [2.45, 2.75) is 26.4 Å². The van der Waals surface area contributed by atoms with Crippen LogP contribution in [0.5, 0.6) is 0 Å². The lowest BCUT2D eigenvalue weighted by molar-refractivity contribution is 0.0772. The Hall–Kier alpha value is -3.27. The molecule has 36 heavy (non-hydrogen) atoms. The number of hydrogen-bond acceptors (Lipinski definition) is 6. The van der Waals surface area contributed by atoms with Crippen LogP contribution in [0.1, 0.15) is 46.3 Å². The van der Waals surface area contributed by atoms with Gasteiger partial charge < -0.3 is 10.0 Å².